The van der Waals surface area contributed by atoms with Crippen molar-refractivity contribution in [3.05, 3.63) is 12.2 Å². The van der Waals surface area contributed by atoms with Gasteiger partial charge < -0.3 is 5.32 Å². The third kappa shape index (κ3) is 2.52. The molecule has 14 heavy (non-hydrogen) atoms. The Hall–Kier alpha value is -0.940. The van der Waals surface area contributed by atoms with Crippen LogP contribution in [0.1, 0.15) is 6.92 Å². The predicted octanol–water partition coefficient (Wildman–Crippen LogP) is -0.165. The van der Waals surface area contributed by atoms with Gasteiger partial charge in [0.05, 0.1) is 0 Å². The Labute approximate surface area is 83.1 Å². The molecule has 0 bridgehead atoms. The smallest absolute Gasteiger partial charge is 0.242 e. The molecule has 0 spiro atoms. The molecule has 2 unspecified atom stereocenters. The average molecular weight is 201 g/mol. The number of carbonyl (C=O) groups excluding carboxylic acids is 1. The molecule has 0 aromatic carbocycles. The van der Waals surface area contributed by atoms with E-state index in [1.165, 1.54) is 5.01 Å². The molecule has 0 aliphatic carbocycles. The summed E-state index contributed by atoms with van der Waals surface area (Å²) >= 11 is 0. The molecule has 2 atom stereocenters. The third-order valence-electron chi connectivity index (χ3n) is 2.19. The van der Waals surface area contributed by atoms with Crippen LogP contribution in [0.2, 0.25) is 0 Å². The molecule has 1 aliphatic rings. The third-order valence-corrected chi connectivity index (χ3v) is 2.19. The van der Waals surface area contributed by atoms with Crippen LogP contribution in [0, 0.1) is 0 Å². The summed E-state index contributed by atoms with van der Waals surface area (Å²) in [5, 5.41) is 4.15. The highest BCUT2D eigenvalue weighted by molar-refractivity contribution is 5.82. The van der Waals surface area contributed by atoms with E-state index >= 15 is 0 Å². The molecule has 2 N–H and O–H groups in total. The predicted molar refractivity (Wildman–Crippen MR) is 52.3 cm³/mol. The van der Waals surface area contributed by atoms with Crippen molar-refractivity contribution in [3.8, 4) is 0 Å². The van der Waals surface area contributed by atoms with Crippen molar-refractivity contribution < 1.29 is 9.18 Å². The maximum Gasteiger partial charge on any atom is 0.242 e. The number of allylic oxidation sites excluding steroid dienone is 1. The summed E-state index contributed by atoms with van der Waals surface area (Å²) < 4.78 is 13.2. The standard InChI is InChI=1S/C9H16FN3O/c1-3-4-5-11-9(14)8-7(10)6-12-13(8)2/h3-4,7-8,12H,5-6H2,1-2H3,(H,11,14)/b4-3+. The Balaban J connectivity index is 2.42. The topological polar surface area (TPSA) is 44.4 Å². The van der Waals surface area contributed by atoms with E-state index < -0.39 is 12.2 Å². The monoisotopic (exact) mass is 201 g/mol. The van der Waals surface area contributed by atoms with Crippen LogP contribution in [-0.2, 0) is 4.79 Å². The van der Waals surface area contributed by atoms with Crippen LogP contribution in [0.5, 0.6) is 0 Å². The summed E-state index contributed by atoms with van der Waals surface area (Å²) in [6, 6.07) is -0.708. The second-order valence-electron chi connectivity index (χ2n) is 3.25. The normalized spacial score (nSPS) is 28.5. The fraction of sp³-hybridized carbons (Fsp3) is 0.667. The van der Waals surface area contributed by atoms with Gasteiger partial charge in [-0.3, -0.25) is 10.2 Å². The zero-order valence-corrected chi connectivity index (χ0v) is 8.46. The largest absolute Gasteiger partial charge is 0.351 e. The molecule has 0 aromatic rings. The van der Waals surface area contributed by atoms with E-state index in [1.54, 1.807) is 7.05 Å². The van der Waals surface area contributed by atoms with Crippen LogP contribution < -0.4 is 10.7 Å². The first kappa shape index (κ1) is 11.1. The number of nitrogens with one attached hydrogen (secondary N) is 2. The van der Waals surface area contributed by atoms with Crippen LogP contribution in [0.4, 0.5) is 4.39 Å². The van der Waals surface area contributed by atoms with Crippen molar-refractivity contribution in [1.29, 1.82) is 0 Å². The maximum atomic E-state index is 13.2. The van der Waals surface area contributed by atoms with E-state index in [0.29, 0.717) is 6.54 Å². The zero-order valence-electron chi connectivity index (χ0n) is 8.46. The van der Waals surface area contributed by atoms with Gasteiger partial charge in [0, 0.05) is 20.1 Å². The van der Waals surface area contributed by atoms with Crippen molar-refractivity contribution in [1.82, 2.24) is 15.8 Å². The highest BCUT2D eigenvalue weighted by Crippen LogP contribution is 2.10. The Morgan fingerprint density at radius 3 is 3.00 bits per heavy atom. The Morgan fingerprint density at radius 1 is 1.79 bits per heavy atom. The molecule has 4 nitrogen and oxygen atoms in total. The second kappa shape index (κ2) is 5.07. The van der Waals surface area contributed by atoms with E-state index in [1.807, 2.05) is 19.1 Å². The van der Waals surface area contributed by atoms with Gasteiger partial charge in [-0.1, -0.05) is 12.2 Å². The SMILES string of the molecule is C/C=C/CNC(=O)C1C(F)CNN1C. The van der Waals surface area contributed by atoms with Crippen LogP contribution in [0.25, 0.3) is 0 Å². The molecular weight excluding hydrogens is 185 g/mol. The minimum absolute atomic E-state index is 0.207. The first-order valence-corrected chi connectivity index (χ1v) is 4.66. The quantitative estimate of drug-likeness (QED) is 0.623. The van der Waals surface area contributed by atoms with E-state index in [2.05, 4.69) is 10.7 Å². The maximum absolute atomic E-state index is 13.2. The van der Waals surface area contributed by atoms with Gasteiger partial charge in [-0.15, -0.1) is 0 Å². The number of hydrogen-bond acceptors (Lipinski definition) is 3. The molecule has 0 aromatic heterocycles. The lowest BCUT2D eigenvalue weighted by molar-refractivity contribution is -0.126. The lowest BCUT2D eigenvalue weighted by Gasteiger charge is -2.18. The van der Waals surface area contributed by atoms with Crippen LogP contribution >= 0.6 is 0 Å². The number of halogens is 1. The molecule has 80 valence electrons. The molecular formula is C9H16FN3O. The second-order valence-corrected chi connectivity index (χ2v) is 3.25. The number of likely N-dealkylation sites (N-methyl/N-ethyl adjacent to an activating group) is 1. The molecule has 1 saturated heterocycles. The number of amides is 1. The van der Waals surface area contributed by atoms with Gasteiger partial charge in [-0.05, 0) is 6.92 Å². The number of rotatable bonds is 3. The lowest BCUT2D eigenvalue weighted by atomic mass is 10.2. The van der Waals surface area contributed by atoms with E-state index in [0.717, 1.165) is 0 Å². The fourth-order valence-electron chi connectivity index (χ4n) is 1.41. The minimum atomic E-state index is -1.13. The Morgan fingerprint density at radius 2 is 2.50 bits per heavy atom. The van der Waals surface area contributed by atoms with Gasteiger partial charge >= 0.3 is 0 Å². The molecule has 0 radical (unpaired) electrons. The summed E-state index contributed by atoms with van der Waals surface area (Å²) in [5.41, 5.74) is 2.77. The van der Waals surface area contributed by atoms with Crippen molar-refractivity contribution >= 4 is 5.91 Å². The van der Waals surface area contributed by atoms with Crippen molar-refractivity contribution in [2.24, 2.45) is 0 Å². The molecule has 1 amide bonds. The first-order chi connectivity index (χ1) is 6.66. The summed E-state index contributed by atoms with van der Waals surface area (Å²) in [6.45, 7) is 2.53. The lowest BCUT2D eigenvalue weighted by Crippen LogP contribution is -2.47. The molecule has 5 heteroatoms. The van der Waals surface area contributed by atoms with Gasteiger partial charge in [0.1, 0.15) is 12.2 Å². The number of carbonyl (C=O) groups is 1. The van der Waals surface area contributed by atoms with E-state index in [4.69, 9.17) is 0 Å². The van der Waals surface area contributed by atoms with Gasteiger partial charge in [0.2, 0.25) is 5.91 Å². The summed E-state index contributed by atoms with van der Waals surface area (Å²) in [6.07, 6.45) is 2.52. The zero-order chi connectivity index (χ0) is 10.6. The summed E-state index contributed by atoms with van der Waals surface area (Å²) in [4.78, 5) is 11.5. The van der Waals surface area contributed by atoms with Gasteiger partial charge in [-0.2, -0.15) is 0 Å². The molecule has 1 rings (SSSR count). The highest BCUT2D eigenvalue weighted by Gasteiger charge is 2.37. The summed E-state index contributed by atoms with van der Waals surface area (Å²) in [7, 11) is 1.67. The molecule has 1 heterocycles. The Kier molecular flexibility index (Phi) is 4.03. The number of hydrogen-bond donors (Lipinski definition) is 2. The average Bonchev–Trinajstić information content (AvgIpc) is 2.46. The summed E-state index contributed by atoms with van der Waals surface area (Å²) in [5.74, 6) is -0.275. The number of alkyl halides is 1. The van der Waals surface area contributed by atoms with Gasteiger partial charge in [0.25, 0.3) is 0 Å². The van der Waals surface area contributed by atoms with Crippen LogP contribution in [0.15, 0.2) is 12.2 Å². The van der Waals surface area contributed by atoms with Crippen LogP contribution in [0.3, 0.4) is 0 Å². The van der Waals surface area contributed by atoms with Crippen molar-refractivity contribution in [2.45, 2.75) is 19.1 Å². The number of hydrazine groups is 1. The Bertz CT molecular complexity index is 222. The van der Waals surface area contributed by atoms with E-state index in [9.17, 15) is 9.18 Å². The van der Waals surface area contributed by atoms with E-state index in [-0.39, 0.29) is 12.5 Å². The fourth-order valence-corrected chi connectivity index (χ4v) is 1.41. The highest BCUT2D eigenvalue weighted by atomic mass is 19.1. The van der Waals surface area contributed by atoms with Crippen LogP contribution in [-0.4, -0.2) is 43.3 Å². The molecule has 1 aliphatic heterocycles. The minimum Gasteiger partial charge on any atom is -0.351 e. The molecule has 0 saturated carbocycles. The first-order valence-electron chi connectivity index (χ1n) is 4.66. The van der Waals surface area contributed by atoms with Gasteiger partial charge in [0.15, 0.2) is 0 Å². The van der Waals surface area contributed by atoms with Gasteiger partial charge in [-0.25, -0.2) is 9.40 Å². The molecule has 1 fully saturated rings. The van der Waals surface area contributed by atoms with Crippen molar-refractivity contribution in [2.75, 3.05) is 20.1 Å². The van der Waals surface area contributed by atoms with Crippen molar-refractivity contribution in [3.63, 3.8) is 0 Å². The number of nitrogens with zero attached hydrogens (tertiary/aromatic N) is 1.